The Labute approximate surface area is 196 Å². The zero-order valence-corrected chi connectivity index (χ0v) is 18.5. The van der Waals surface area contributed by atoms with Gasteiger partial charge < -0.3 is 9.84 Å². The molecule has 34 heavy (non-hydrogen) atoms. The molecule has 4 rings (SSSR count). The van der Waals surface area contributed by atoms with Gasteiger partial charge in [0.05, 0.1) is 6.42 Å². The van der Waals surface area contributed by atoms with Gasteiger partial charge in [-0.15, -0.1) is 0 Å². The third-order valence-corrected chi connectivity index (χ3v) is 5.58. The number of carboxylic acids is 1. The van der Waals surface area contributed by atoms with E-state index in [1.807, 2.05) is 24.3 Å². The predicted octanol–water partition coefficient (Wildman–Crippen LogP) is 4.11. The number of anilines is 1. The maximum atomic E-state index is 12.5. The molecule has 1 aliphatic carbocycles. The molecular formula is C26H24N2O6. The lowest BCUT2D eigenvalue weighted by molar-refractivity contribution is -0.158. The highest BCUT2D eigenvalue weighted by molar-refractivity contribution is 5.86. The second kappa shape index (κ2) is 10.2. The van der Waals surface area contributed by atoms with Gasteiger partial charge in [-0.3, -0.25) is 14.9 Å². The second-order valence-electron chi connectivity index (χ2n) is 7.95. The summed E-state index contributed by atoms with van der Waals surface area (Å²) in [6.07, 6.45) is -1.81. The fourth-order valence-corrected chi connectivity index (χ4v) is 3.94. The number of carbonyl (C=O) groups excluding carboxylic acids is 2. The molecule has 0 aliphatic heterocycles. The van der Waals surface area contributed by atoms with E-state index in [0.29, 0.717) is 11.3 Å². The Balaban J connectivity index is 1.34. The van der Waals surface area contributed by atoms with Crippen LogP contribution < -0.4 is 10.8 Å². The van der Waals surface area contributed by atoms with Crippen LogP contribution in [0.1, 0.15) is 29.5 Å². The summed E-state index contributed by atoms with van der Waals surface area (Å²) in [7, 11) is 0. The van der Waals surface area contributed by atoms with Crippen molar-refractivity contribution in [3.63, 3.8) is 0 Å². The molecule has 0 spiro atoms. The van der Waals surface area contributed by atoms with Crippen LogP contribution in [-0.2, 0) is 25.6 Å². The van der Waals surface area contributed by atoms with Crippen LogP contribution in [0.4, 0.5) is 10.5 Å². The molecule has 3 aromatic carbocycles. The minimum Gasteiger partial charge on any atom is -0.479 e. The van der Waals surface area contributed by atoms with Crippen molar-refractivity contribution in [1.29, 1.82) is 0 Å². The van der Waals surface area contributed by atoms with E-state index in [9.17, 15) is 14.4 Å². The van der Waals surface area contributed by atoms with Gasteiger partial charge in [0, 0.05) is 11.6 Å². The summed E-state index contributed by atoms with van der Waals surface area (Å²) < 4.78 is 5.55. The summed E-state index contributed by atoms with van der Waals surface area (Å²) in [6, 6.07) is 22.9. The second-order valence-corrected chi connectivity index (χ2v) is 7.95. The average Bonchev–Trinajstić information content (AvgIpc) is 3.15. The first-order valence-corrected chi connectivity index (χ1v) is 10.8. The Hall–Kier alpha value is -4.17. The number of hydrogen-bond acceptors (Lipinski definition) is 5. The van der Waals surface area contributed by atoms with Crippen LogP contribution in [0.15, 0.2) is 72.8 Å². The van der Waals surface area contributed by atoms with Crippen molar-refractivity contribution in [2.24, 2.45) is 0 Å². The molecule has 174 valence electrons. The third kappa shape index (κ3) is 5.24. The summed E-state index contributed by atoms with van der Waals surface area (Å²) in [4.78, 5) is 40.0. The summed E-state index contributed by atoms with van der Waals surface area (Å²) >= 11 is 0. The summed E-state index contributed by atoms with van der Waals surface area (Å²) in [6.45, 7) is 1.50. The highest BCUT2D eigenvalue weighted by Gasteiger charge is 2.29. The van der Waals surface area contributed by atoms with Crippen molar-refractivity contribution in [2.45, 2.75) is 25.4 Å². The van der Waals surface area contributed by atoms with E-state index < -0.39 is 24.1 Å². The van der Waals surface area contributed by atoms with Crippen molar-refractivity contribution in [3.05, 3.63) is 89.5 Å². The molecule has 1 aliphatic rings. The van der Waals surface area contributed by atoms with E-state index in [-0.39, 0.29) is 18.9 Å². The van der Waals surface area contributed by atoms with Crippen molar-refractivity contribution >= 4 is 23.7 Å². The SMILES string of the molecule is CC(ONC(=O)Cc1cccc(NC(=O)OCC2c3ccccc3-c3ccccc32)c1)C(=O)O. The number of nitrogens with one attached hydrogen (secondary N) is 2. The van der Waals surface area contributed by atoms with Crippen molar-refractivity contribution in [1.82, 2.24) is 5.48 Å². The maximum absolute atomic E-state index is 12.5. The van der Waals surface area contributed by atoms with Crippen molar-refractivity contribution < 1.29 is 29.1 Å². The molecular weight excluding hydrogens is 436 g/mol. The van der Waals surface area contributed by atoms with Crippen molar-refractivity contribution in [2.75, 3.05) is 11.9 Å². The van der Waals surface area contributed by atoms with Gasteiger partial charge in [-0.1, -0.05) is 60.7 Å². The number of carboxylic acid groups (broad SMARTS) is 1. The molecule has 3 N–H and O–H groups in total. The number of ether oxygens (including phenoxy) is 1. The van der Waals surface area contributed by atoms with Crippen LogP contribution in [-0.4, -0.2) is 35.8 Å². The minimum atomic E-state index is -1.19. The third-order valence-electron chi connectivity index (χ3n) is 5.58. The molecule has 8 nitrogen and oxygen atoms in total. The van der Waals surface area contributed by atoms with Crippen LogP contribution >= 0.6 is 0 Å². The Morgan fingerprint density at radius 2 is 1.59 bits per heavy atom. The molecule has 0 aromatic heterocycles. The smallest absolute Gasteiger partial charge is 0.411 e. The van der Waals surface area contributed by atoms with E-state index in [2.05, 4.69) is 35.1 Å². The molecule has 0 saturated carbocycles. The fraction of sp³-hybridized carbons (Fsp3) is 0.192. The summed E-state index contributed by atoms with van der Waals surface area (Å²) in [5.74, 6) is -1.73. The van der Waals surface area contributed by atoms with Gasteiger partial charge in [0.2, 0.25) is 5.91 Å². The van der Waals surface area contributed by atoms with E-state index >= 15 is 0 Å². The largest absolute Gasteiger partial charge is 0.479 e. The predicted molar refractivity (Wildman–Crippen MR) is 125 cm³/mol. The molecule has 1 atom stereocenters. The maximum Gasteiger partial charge on any atom is 0.411 e. The van der Waals surface area contributed by atoms with E-state index in [1.165, 1.54) is 6.92 Å². The van der Waals surface area contributed by atoms with Gasteiger partial charge in [-0.05, 0) is 46.9 Å². The first-order valence-electron chi connectivity index (χ1n) is 10.8. The van der Waals surface area contributed by atoms with Gasteiger partial charge in [-0.25, -0.2) is 15.1 Å². The van der Waals surface area contributed by atoms with Crippen LogP contribution in [0.2, 0.25) is 0 Å². The number of benzene rings is 3. The lowest BCUT2D eigenvalue weighted by atomic mass is 9.98. The minimum absolute atomic E-state index is 0.0404. The number of aliphatic carboxylic acids is 1. The molecule has 8 heteroatoms. The number of hydrogen-bond donors (Lipinski definition) is 3. The highest BCUT2D eigenvalue weighted by Crippen LogP contribution is 2.44. The number of carbonyl (C=O) groups is 3. The van der Waals surface area contributed by atoms with Crippen molar-refractivity contribution in [3.8, 4) is 11.1 Å². The topological polar surface area (TPSA) is 114 Å². The summed E-state index contributed by atoms with van der Waals surface area (Å²) in [5.41, 5.74) is 7.76. The normalized spacial score (nSPS) is 12.9. The van der Waals surface area contributed by atoms with Gasteiger partial charge in [0.15, 0.2) is 6.10 Å². The monoisotopic (exact) mass is 460 g/mol. The average molecular weight is 460 g/mol. The molecule has 0 bridgehead atoms. The zero-order valence-electron chi connectivity index (χ0n) is 18.5. The van der Waals surface area contributed by atoms with Gasteiger partial charge >= 0.3 is 12.1 Å². The zero-order chi connectivity index (χ0) is 24.1. The quantitative estimate of drug-likeness (QED) is 0.436. The lowest BCUT2D eigenvalue weighted by Gasteiger charge is -2.15. The molecule has 0 saturated heterocycles. The van der Waals surface area contributed by atoms with Gasteiger partial charge in [0.25, 0.3) is 0 Å². The standard InChI is InChI=1S/C26H24N2O6/c1-16(25(30)31)34-28-24(29)14-17-7-6-8-18(13-17)27-26(32)33-15-23-21-11-4-2-9-19(21)20-10-3-5-12-22(20)23/h2-13,16,23H,14-15H2,1H3,(H,27,32)(H,28,29)(H,30,31). The van der Waals surface area contributed by atoms with Crippen LogP contribution in [0.25, 0.3) is 11.1 Å². The Morgan fingerprint density at radius 3 is 2.24 bits per heavy atom. The molecule has 0 heterocycles. The molecule has 0 fully saturated rings. The van der Waals surface area contributed by atoms with Crippen LogP contribution in [0, 0.1) is 0 Å². The van der Waals surface area contributed by atoms with Gasteiger partial charge in [0.1, 0.15) is 6.61 Å². The molecule has 2 amide bonds. The Morgan fingerprint density at radius 1 is 0.941 bits per heavy atom. The molecule has 3 aromatic rings. The highest BCUT2D eigenvalue weighted by atomic mass is 16.7. The number of rotatable bonds is 8. The Bertz CT molecular complexity index is 1180. The first-order chi connectivity index (χ1) is 16.4. The molecule has 0 radical (unpaired) electrons. The number of hydroxylamine groups is 1. The number of amides is 2. The first kappa shape index (κ1) is 23.0. The lowest BCUT2D eigenvalue weighted by Crippen LogP contribution is -2.33. The van der Waals surface area contributed by atoms with Gasteiger partial charge in [-0.2, -0.15) is 0 Å². The van der Waals surface area contributed by atoms with E-state index in [1.54, 1.807) is 24.3 Å². The molecule has 1 unspecified atom stereocenters. The van der Waals surface area contributed by atoms with Crippen LogP contribution in [0.3, 0.4) is 0 Å². The fourth-order valence-electron chi connectivity index (χ4n) is 3.94. The summed E-state index contributed by atoms with van der Waals surface area (Å²) in [5, 5.41) is 11.5. The van der Waals surface area contributed by atoms with Crippen LogP contribution in [0.5, 0.6) is 0 Å². The number of fused-ring (bicyclic) bond motifs is 3. The van der Waals surface area contributed by atoms with E-state index in [4.69, 9.17) is 14.7 Å². The Kier molecular flexibility index (Phi) is 6.89. The van der Waals surface area contributed by atoms with E-state index in [0.717, 1.165) is 22.3 Å².